The van der Waals surface area contributed by atoms with Crippen molar-refractivity contribution in [2.75, 3.05) is 66.6 Å². The molecular weight excluding hydrogens is 488 g/mol. The number of ether oxygens (including phenoxy) is 1. The van der Waals surface area contributed by atoms with Crippen molar-refractivity contribution in [3.63, 3.8) is 0 Å². The first-order valence-electron chi connectivity index (χ1n) is 11.6. The summed E-state index contributed by atoms with van der Waals surface area (Å²) in [5.74, 6) is 0. The highest BCUT2D eigenvalue weighted by atomic mass is 32.2. The maximum absolute atomic E-state index is 12.3. The van der Waals surface area contributed by atoms with Crippen molar-refractivity contribution in [3.05, 3.63) is 59.7 Å². The van der Waals surface area contributed by atoms with E-state index < -0.39 is 20.0 Å². The third-order valence-electron chi connectivity index (χ3n) is 5.47. The van der Waals surface area contributed by atoms with E-state index in [1.165, 1.54) is 0 Å². The molecule has 2 aromatic rings. The summed E-state index contributed by atoms with van der Waals surface area (Å²) >= 11 is 0. The van der Waals surface area contributed by atoms with Crippen LogP contribution in [0.25, 0.3) is 0 Å². The molecule has 196 valence electrons. The lowest BCUT2D eigenvalue weighted by molar-refractivity contribution is 0.0951. The maximum Gasteiger partial charge on any atom is 0.240 e. The second-order valence-corrected chi connectivity index (χ2v) is 12.2. The van der Waals surface area contributed by atoms with Crippen molar-refractivity contribution < 1.29 is 21.6 Å². The molecule has 0 aromatic heterocycles. The summed E-state index contributed by atoms with van der Waals surface area (Å²) in [5, 5.41) is 0. The number of likely N-dealkylation sites (N-methyl/N-ethyl adjacent to an activating group) is 2. The van der Waals surface area contributed by atoms with Crippen LogP contribution in [0.3, 0.4) is 0 Å². The molecule has 0 aliphatic rings. The zero-order valence-corrected chi connectivity index (χ0v) is 22.7. The van der Waals surface area contributed by atoms with Gasteiger partial charge in [-0.1, -0.05) is 35.4 Å². The van der Waals surface area contributed by atoms with E-state index in [9.17, 15) is 16.8 Å². The van der Waals surface area contributed by atoms with Crippen molar-refractivity contribution in [2.45, 2.75) is 23.6 Å². The molecule has 2 N–H and O–H groups in total. The fraction of sp³-hybridized carbons (Fsp3) is 0.500. The second kappa shape index (κ2) is 14.0. The second-order valence-electron chi connectivity index (χ2n) is 8.64. The zero-order chi connectivity index (χ0) is 25.9. The van der Waals surface area contributed by atoms with Crippen LogP contribution in [0.15, 0.2) is 58.3 Å². The van der Waals surface area contributed by atoms with Gasteiger partial charge in [0.1, 0.15) is 0 Å². The minimum Gasteiger partial charge on any atom is -0.379 e. The van der Waals surface area contributed by atoms with Crippen molar-refractivity contribution in [2.24, 2.45) is 0 Å². The average molecular weight is 527 g/mol. The maximum atomic E-state index is 12.3. The molecule has 2 rings (SSSR count). The third-order valence-corrected chi connectivity index (χ3v) is 8.42. The first-order valence-corrected chi connectivity index (χ1v) is 14.5. The number of hydrogen-bond donors (Lipinski definition) is 2. The highest BCUT2D eigenvalue weighted by Crippen LogP contribution is 2.10. The van der Waals surface area contributed by atoms with Crippen molar-refractivity contribution in [3.8, 4) is 0 Å². The van der Waals surface area contributed by atoms with Gasteiger partial charge in [0, 0.05) is 39.3 Å². The van der Waals surface area contributed by atoms with E-state index in [1.807, 2.05) is 37.7 Å². The molecule has 2 aromatic carbocycles. The monoisotopic (exact) mass is 526 g/mol. The van der Waals surface area contributed by atoms with Gasteiger partial charge in [0.05, 0.1) is 23.0 Å². The Balaban J connectivity index is 1.54. The number of hydrogen-bond acceptors (Lipinski definition) is 7. The Kier molecular flexibility index (Phi) is 11.8. The van der Waals surface area contributed by atoms with Crippen molar-refractivity contribution in [1.82, 2.24) is 19.2 Å². The van der Waals surface area contributed by atoms with E-state index in [0.717, 1.165) is 11.1 Å². The molecular formula is C24H38N4O5S2. The SMILES string of the molecule is Cc1ccc(S(=O)(=O)NCCN(C)CCOCCN(C)CCNS(=O)(=O)c2ccc(C)cc2)cc1. The molecule has 0 bridgehead atoms. The Bertz CT molecular complexity index is 1020. The fourth-order valence-corrected chi connectivity index (χ4v) is 5.15. The molecule has 0 amide bonds. The van der Waals surface area contributed by atoms with Gasteiger partial charge in [0.15, 0.2) is 0 Å². The van der Waals surface area contributed by atoms with Crippen LogP contribution in [-0.4, -0.2) is 93.2 Å². The molecule has 0 unspecified atom stereocenters. The summed E-state index contributed by atoms with van der Waals surface area (Å²) in [5.41, 5.74) is 2.02. The summed E-state index contributed by atoms with van der Waals surface area (Å²) in [6.07, 6.45) is 0. The van der Waals surface area contributed by atoms with E-state index in [-0.39, 0.29) is 9.79 Å². The third kappa shape index (κ3) is 10.7. The number of aryl methyl sites for hydroxylation is 2. The number of nitrogens with one attached hydrogen (secondary N) is 2. The Hall–Kier alpha value is -1.86. The Labute approximate surface area is 210 Å². The molecule has 0 saturated heterocycles. The molecule has 0 fully saturated rings. The van der Waals surface area contributed by atoms with Crippen LogP contribution >= 0.6 is 0 Å². The van der Waals surface area contributed by atoms with E-state index in [2.05, 4.69) is 9.44 Å². The lowest BCUT2D eigenvalue weighted by atomic mass is 10.2. The molecule has 0 radical (unpaired) electrons. The fourth-order valence-electron chi connectivity index (χ4n) is 3.11. The van der Waals surface area contributed by atoms with Crippen LogP contribution < -0.4 is 9.44 Å². The number of nitrogens with zero attached hydrogens (tertiary/aromatic N) is 2. The van der Waals surface area contributed by atoms with E-state index in [0.29, 0.717) is 52.5 Å². The summed E-state index contributed by atoms with van der Waals surface area (Å²) in [6.45, 7) is 7.97. The Morgan fingerprint density at radius 3 is 1.31 bits per heavy atom. The van der Waals surface area contributed by atoms with Gasteiger partial charge in [0.2, 0.25) is 20.0 Å². The average Bonchev–Trinajstić information content (AvgIpc) is 2.79. The van der Waals surface area contributed by atoms with Crippen molar-refractivity contribution in [1.29, 1.82) is 0 Å². The molecule has 0 spiro atoms. The van der Waals surface area contributed by atoms with Gasteiger partial charge >= 0.3 is 0 Å². The summed E-state index contributed by atoms with van der Waals surface area (Å²) < 4.78 is 60.1. The van der Waals surface area contributed by atoms with E-state index in [4.69, 9.17) is 4.74 Å². The minimum atomic E-state index is -3.50. The Morgan fingerprint density at radius 1 is 0.629 bits per heavy atom. The van der Waals surface area contributed by atoms with Gasteiger partial charge in [-0.05, 0) is 52.2 Å². The largest absolute Gasteiger partial charge is 0.379 e. The lowest BCUT2D eigenvalue weighted by Gasteiger charge is -2.19. The standard InChI is InChI=1S/C24H38N4O5S2/c1-21-5-9-23(10-6-21)34(29,30)25-13-15-27(3)17-19-33-20-18-28(4)16-14-26-35(31,32)24-11-7-22(2)8-12-24/h5-12,25-26H,13-20H2,1-4H3. The normalized spacial score (nSPS) is 12.5. The van der Waals surface area contributed by atoms with Gasteiger partial charge in [-0.25, -0.2) is 26.3 Å². The van der Waals surface area contributed by atoms with Crippen LogP contribution in [0.4, 0.5) is 0 Å². The number of rotatable bonds is 16. The van der Waals surface area contributed by atoms with Crippen LogP contribution in [0.2, 0.25) is 0 Å². The first kappa shape index (κ1) is 29.4. The Morgan fingerprint density at radius 2 is 0.971 bits per heavy atom. The van der Waals surface area contributed by atoms with Gasteiger partial charge in [-0.2, -0.15) is 0 Å². The van der Waals surface area contributed by atoms with Gasteiger partial charge in [-0.15, -0.1) is 0 Å². The predicted octanol–water partition coefficient (Wildman–Crippen LogP) is 1.44. The van der Waals surface area contributed by atoms with Crippen LogP contribution in [-0.2, 0) is 24.8 Å². The number of sulfonamides is 2. The van der Waals surface area contributed by atoms with Gasteiger partial charge in [-0.3, -0.25) is 0 Å². The van der Waals surface area contributed by atoms with Gasteiger partial charge in [0.25, 0.3) is 0 Å². The molecule has 11 heteroatoms. The zero-order valence-electron chi connectivity index (χ0n) is 21.0. The molecule has 9 nitrogen and oxygen atoms in total. The molecule has 0 atom stereocenters. The molecule has 0 heterocycles. The van der Waals surface area contributed by atoms with Crippen molar-refractivity contribution >= 4 is 20.0 Å². The lowest BCUT2D eigenvalue weighted by Crippen LogP contribution is -2.35. The van der Waals surface area contributed by atoms with E-state index >= 15 is 0 Å². The first-order chi connectivity index (χ1) is 16.5. The molecule has 35 heavy (non-hydrogen) atoms. The van der Waals surface area contributed by atoms with E-state index in [1.54, 1.807) is 48.5 Å². The number of benzene rings is 2. The highest BCUT2D eigenvalue weighted by molar-refractivity contribution is 7.89. The molecule has 0 aliphatic heterocycles. The predicted molar refractivity (Wildman–Crippen MR) is 139 cm³/mol. The minimum absolute atomic E-state index is 0.265. The topological polar surface area (TPSA) is 108 Å². The smallest absolute Gasteiger partial charge is 0.240 e. The summed E-state index contributed by atoms with van der Waals surface area (Å²) in [6, 6.07) is 13.5. The molecule has 0 saturated carbocycles. The quantitative estimate of drug-likeness (QED) is 0.319. The highest BCUT2D eigenvalue weighted by Gasteiger charge is 2.14. The summed E-state index contributed by atoms with van der Waals surface area (Å²) in [7, 11) is -3.18. The van der Waals surface area contributed by atoms with Crippen LogP contribution in [0.5, 0.6) is 0 Å². The molecule has 0 aliphatic carbocycles. The summed E-state index contributed by atoms with van der Waals surface area (Å²) in [4.78, 5) is 4.53. The van der Waals surface area contributed by atoms with Crippen LogP contribution in [0, 0.1) is 13.8 Å². The van der Waals surface area contributed by atoms with Gasteiger partial charge < -0.3 is 14.5 Å². The van der Waals surface area contributed by atoms with Crippen LogP contribution in [0.1, 0.15) is 11.1 Å².